The zero-order valence-corrected chi connectivity index (χ0v) is 9.54. The summed E-state index contributed by atoms with van der Waals surface area (Å²) >= 11 is 4.40. The van der Waals surface area contributed by atoms with Crippen molar-refractivity contribution in [2.24, 2.45) is 5.73 Å². The number of halogens is 2. The number of sulfonamides is 1. The molecule has 0 fully saturated rings. The van der Waals surface area contributed by atoms with Gasteiger partial charge in [-0.25, -0.2) is 17.2 Å². The minimum atomic E-state index is -3.98. The molecule has 0 heterocycles. The maximum absolute atomic E-state index is 13.1. The zero-order chi connectivity index (χ0) is 12.3. The molecule has 4 nitrogen and oxygen atoms in total. The van der Waals surface area contributed by atoms with Crippen molar-refractivity contribution in [1.82, 2.24) is 0 Å². The number of thiocarbonyl (C=S) groups is 1. The molecule has 0 radical (unpaired) electrons. The van der Waals surface area contributed by atoms with Crippen LogP contribution in [0.3, 0.4) is 0 Å². The third-order valence-electron chi connectivity index (χ3n) is 1.55. The van der Waals surface area contributed by atoms with Crippen LogP contribution in [0.1, 0.15) is 0 Å². The molecule has 16 heavy (non-hydrogen) atoms. The van der Waals surface area contributed by atoms with Gasteiger partial charge in [0.2, 0.25) is 10.0 Å². The second-order valence-electron chi connectivity index (χ2n) is 2.92. The summed E-state index contributed by atoms with van der Waals surface area (Å²) in [5, 5.41) is 0. The van der Waals surface area contributed by atoms with Crippen LogP contribution in [0.2, 0.25) is 0 Å². The molecule has 1 aromatic carbocycles. The molecule has 0 aliphatic rings. The van der Waals surface area contributed by atoms with Crippen molar-refractivity contribution in [2.45, 2.75) is 0 Å². The molecule has 0 saturated heterocycles. The van der Waals surface area contributed by atoms with Crippen LogP contribution in [0.4, 0.5) is 14.5 Å². The first-order valence-electron chi connectivity index (χ1n) is 4.04. The second-order valence-corrected chi connectivity index (χ2v) is 5.17. The van der Waals surface area contributed by atoms with Gasteiger partial charge in [0.15, 0.2) is 0 Å². The fourth-order valence-electron chi connectivity index (χ4n) is 0.974. The standard InChI is InChI=1S/C8H8F2N2O2S2/c9-5-2-1-3-6(10)8(5)12-16(13,14)4-7(11)15/h1-3,12H,4H2,(H2,11,15). The summed E-state index contributed by atoms with van der Waals surface area (Å²) in [7, 11) is -3.98. The van der Waals surface area contributed by atoms with Crippen molar-refractivity contribution < 1.29 is 17.2 Å². The van der Waals surface area contributed by atoms with Gasteiger partial charge < -0.3 is 5.73 Å². The predicted octanol–water partition coefficient (Wildman–Crippen LogP) is 0.993. The summed E-state index contributed by atoms with van der Waals surface area (Å²) in [4.78, 5) is -0.288. The summed E-state index contributed by atoms with van der Waals surface area (Å²) in [6, 6.07) is 2.99. The van der Waals surface area contributed by atoms with Crippen molar-refractivity contribution in [3.05, 3.63) is 29.8 Å². The average molecular weight is 266 g/mol. The minimum Gasteiger partial charge on any atom is -0.392 e. The molecule has 1 rings (SSSR count). The van der Waals surface area contributed by atoms with E-state index in [1.165, 1.54) is 0 Å². The largest absolute Gasteiger partial charge is 0.392 e. The Morgan fingerprint density at radius 1 is 1.38 bits per heavy atom. The Hall–Kier alpha value is -1.28. The van der Waals surface area contributed by atoms with Gasteiger partial charge >= 0.3 is 0 Å². The van der Waals surface area contributed by atoms with Gasteiger partial charge in [-0.1, -0.05) is 18.3 Å². The number of nitrogens with two attached hydrogens (primary N) is 1. The van der Waals surface area contributed by atoms with E-state index >= 15 is 0 Å². The van der Waals surface area contributed by atoms with Crippen molar-refractivity contribution in [3.63, 3.8) is 0 Å². The van der Waals surface area contributed by atoms with Gasteiger partial charge in [-0.2, -0.15) is 0 Å². The first-order valence-corrected chi connectivity index (χ1v) is 6.10. The Labute approximate surface area is 96.5 Å². The third kappa shape index (κ3) is 3.38. The molecular weight excluding hydrogens is 258 g/mol. The first-order chi connectivity index (χ1) is 7.32. The van der Waals surface area contributed by atoms with E-state index in [2.05, 4.69) is 12.2 Å². The lowest BCUT2D eigenvalue weighted by Crippen LogP contribution is -2.27. The summed E-state index contributed by atoms with van der Waals surface area (Å²) in [6.45, 7) is 0. The molecule has 0 amide bonds. The van der Waals surface area contributed by atoms with E-state index in [1.807, 2.05) is 0 Å². The third-order valence-corrected chi connectivity index (χ3v) is 3.09. The molecule has 8 heteroatoms. The highest BCUT2D eigenvalue weighted by Gasteiger charge is 2.17. The quantitative estimate of drug-likeness (QED) is 0.797. The summed E-state index contributed by atoms with van der Waals surface area (Å²) in [6.07, 6.45) is 0. The van der Waals surface area contributed by atoms with Crippen molar-refractivity contribution >= 4 is 32.9 Å². The van der Waals surface area contributed by atoms with Gasteiger partial charge in [-0.05, 0) is 12.1 Å². The molecule has 0 unspecified atom stereocenters. The lowest BCUT2D eigenvalue weighted by atomic mass is 10.3. The van der Waals surface area contributed by atoms with Crippen LogP contribution < -0.4 is 10.5 Å². The van der Waals surface area contributed by atoms with Crippen molar-refractivity contribution in [2.75, 3.05) is 10.5 Å². The van der Waals surface area contributed by atoms with Crippen LogP contribution in [-0.2, 0) is 10.0 Å². The molecule has 0 aliphatic carbocycles. The number of hydrogen-bond donors (Lipinski definition) is 2. The lowest BCUT2D eigenvalue weighted by Gasteiger charge is -2.08. The SMILES string of the molecule is NC(=S)CS(=O)(=O)Nc1c(F)cccc1F. The van der Waals surface area contributed by atoms with Gasteiger partial charge in [0.25, 0.3) is 0 Å². The molecule has 0 atom stereocenters. The number of benzene rings is 1. The van der Waals surface area contributed by atoms with E-state index in [4.69, 9.17) is 5.73 Å². The number of nitrogens with one attached hydrogen (secondary N) is 1. The molecule has 0 aliphatic heterocycles. The number of anilines is 1. The molecule has 1 aromatic rings. The van der Waals surface area contributed by atoms with Gasteiger partial charge in [0.1, 0.15) is 23.1 Å². The van der Waals surface area contributed by atoms with Gasteiger partial charge in [-0.15, -0.1) is 0 Å². The van der Waals surface area contributed by atoms with E-state index < -0.39 is 33.1 Å². The normalized spacial score (nSPS) is 11.1. The van der Waals surface area contributed by atoms with Crippen LogP contribution in [0, 0.1) is 11.6 Å². The highest BCUT2D eigenvalue weighted by atomic mass is 32.2. The van der Waals surface area contributed by atoms with E-state index in [-0.39, 0.29) is 4.99 Å². The maximum atomic E-state index is 13.1. The van der Waals surface area contributed by atoms with E-state index in [1.54, 1.807) is 4.72 Å². The molecule has 0 aromatic heterocycles. The van der Waals surface area contributed by atoms with Crippen molar-refractivity contribution in [1.29, 1.82) is 0 Å². The summed E-state index contributed by atoms with van der Waals surface area (Å²) in [5.74, 6) is -2.69. The van der Waals surface area contributed by atoms with E-state index in [0.29, 0.717) is 0 Å². The van der Waals surface area contributed by atoms with E-state index in [9.17, 15) is 17.2 Å². The summed E-state index contributed by atoms with van der Waals surface area (Å²) < 4.78 is 50.5. The number of para-hydroxylation sites is 1. The zero-order valence-electron chi connectivity index (χ0n) is 7.91. The van der Waals surface area contributed by atoms with Gasteiger partial charge in [0.05, 0.1) is 4.99 Å². The van der Waals surface area contributed by atoms with Crippen LogP contribution in [-0.4, -0.2) is 19.2 Å². The number of hydrogen-bond acceptors (Lipinski definition) is 3. The predicted molar refractivity (Wildman–Crippen MR) is 60.6 cm³/mol. The van der Waals surface area contributed by atoms with E-state index in [0.717, 1.165) is 18.2 Å². The average Bonchev–Trinajstić information content (AvgIpc) is 2.09. The number of rotatable bonds is 4. The Morgan fingerprint density at radius 3 is 2.31 bits per heavy atom. The fourth-order valence-corrected chi connectivity index (χ4v) is 2.39. The van der Waals surface area contributed by atoms with Crippen LogP contribution in [0.15, 0.2) is 18.2 Å². The maximum Gasteiger partial charge on any atom is 0.239 e. The smallest absolute Gasteiger partial charge is 0.239 e. The molecule has 0 spiro atoms. The van der Waals surface area contributed by atoms with Gasteiger partial charge in [-0.3, -0.25) is 4.72 Å². The van der Waals surface area contributed by atoms with Crippen molar-refractivity contribution in [3.8, 4) is 0 Å². The Kier molecular flexibility index (Phi) is 3.76. The molecule has 0 bridgehead atoms. The van der Waals surface area contributed by atoms with Gasteiger partial charge in [0, 0.05) is 0 Å². The Morgan fingerprint density at radius 2 is 1.88 bits per heavy atom. The Balaban J connectivity index is 3.01. The van der Waals surface area contributed by atoms with Crippen LogP contribution in [0.25, 0.3) is 0 Å². The minimum absolute atomic E-state index is 0.288. The first kappa shape index (κ1) is 12.8. The second kappa shape index (κ2) is 4.71. The van der Waals surface area contributed by atoms with Crippen LogP contribution >= 0.6 is 12.2 Å². The monoisotopic (exact) mass is 266 g/mol. The molecule has 3 N–H and O–H groups in total. The topological polar surface area (TPSA) is 72.2 Å². The molecular formula is C8H8F2N2O2S2. The van der Waals surface area contributed by atoms with Crippen LogP contribution in [0.5, 0.6) is 0 Å². The molecule has 0 saturated carbocycles. The Bertz CT molecular complexity index is 497. The summed E-state index contributed by atoms with van der Waals surface area (Å²) in [5.41, 5.74) is 4.30. The molecule has 88 valence electrons. The lowest BCUT2D eigenvalue weighted by molar-refractivity contribution is 0.584. The fraction of sp³-hybridized carbons (Fsp3) is 0.125. The highest BCUT2D eigenvalue weighted by Crippen LogP contribution is 2.19. The highest BCUT2D eigenvalue weighted by molar-refractivity contribution is 7.95.